The normalized spacial score (nSPS) is 28.3. The number of aliphatic hydroxyl groups is 1. The van der Waals surface area contributed by atoms with Gasteiger partial charge >= 0.3 is 0 Å². The van der Waals surface area contributed by atoms with Gasteiger partial charge in [0, 0.05) is 12.1 Å². The zero-order valence-corrected chi connectivity index (χ0v) is 15.2. The van der Waals surface area contributed by atoms with Gasteiger partial charge in [0.15, 0.2) is 17.6 Å². The van der Waals surface area contributed by atoms with E-state index in [2.05, 4.69) is 19.1 Å². The molecular weight excluding hydrogens is 318 g/mol. The van der Waals surface area contributed by atoms with Crippen LogP contribution in [0.2, 0.25) is 0 Å². The van der Waals surface area contributed by atoms with Crippen LogP contribution < -0.4 is 15.2 Å². The van der Waals surface area contributed by atoms with E-state index in [0.717, 1.165) is 43.8 Å². The number of ether oxygens (including phenoxy) is 3. The average molecular weight is 349 g/mol. The Kier molecular flexibility index (Phi) is 6.20. The highest BCUT2D eigenvalue weighted by molar-refractivity contribution is 5.45. The van der Waals surface area contributed by atoms with Crippen LogP contribution in [-0.2, 0) is 4.74 Å². The van der Waals surface area contributed by atoms with Crippen molar-refractivity contribution < 1.29 is 19.3 Å². The van der Waals surface area contributed by atoms with E-state index < -0.39 is 5.54 Å². The maximum Gasteiger partial charge on any atom is 0.161 e. The van der Waals surface area contributed by atoms with Gasteiger partial charge in [-0.15, -0.1) is 0 Å². The van der Waals surface area contributed by atoms with E-state index in [9.17, 15) is 5.11 Å². The summed E-state index contributed by atoms with van der Waals surface area (Å²) in [7, 11) is 0. The number of hydrogen-bond acceptors (Lipinski definition) is 5. The van der Waals surface area contributed by atoms with Crippen LogP contribution >= 0.6 is 0 Å². The molecular formula is C20H31NO4. The predicted octanol–water partition coefficient (Wildman–Crippen LogP) is 2.99. The van der Waals surface area contributed by atoms with Gasteiger partial charge in [0.05, 0.1) is 13.2 Å². The fourth-order valence-corrected chi connectivity index (χ4v) is 3.72. The smallest absolute Gasteiger partial charge is 0.161 e. The Bertz CT molecular complexity index is 565. The Labute approximate surface area is 150 Å². The highest BCUT2D eigenvalue weighted by atomic mass is 16.6. The van der Waals surface area contributed by atoms with Crippen molar-refractivity contribution in [2.45, 2.75) is 63.0 Å². The molecule has 3 N–H and O–H groups in total. The zero-order valence-electron chi connectivity index (χ0n) is 15.2. The second-order valence-corrected chi connectivity index (χ2v) is 7.50. The number of benzene rings is 1. The van der Waals surface area contributed by atoms with E-state index in [1.807, 2.05) is 6.07 Å². The van der Waals surface area contributed by atoms with Crippen LogP contribution in [0, 0.1) is 0 Å². The topological polar surface area (TPSA) is 73.9 Å². The quantitative estimate of drug-likeness (QED) is 0.706. The number of fused-ring (bicyclic) bond motifs is 1. The molecule has 1 unspecified atom stereocenters. The second-order valence-electron chi connectivity index (χ2n) is 7.50. The van der Waals surface area contributed by atoms with Crippen molar-refractivity contribution in [3.05, 3.63) is 23.8 Å². The van der Waals surface area contributed by atoms with Gasteiger partial charge in [-0.2, -0.15) is 0 Å². The molecule has 0 radical (unpaired) electrons. The number of aliphatic hydroxyl groups excluding tert-OH is 1. The molecule has 1 aliphatic heterocycles. The Morgan fingerprint density at radius 1 is 1.32 bits per heavy atom. The van der Waals surface area contributed by atoms with Crippen LogP contribution in [0.25, 0.3) is 0 Å². The van der Waals surface area contributed by atoms with Gasteiger partial charge in [-0.05, 0) is 49.3 Å². The van der Waals surface area contributed by atoms with Crippen molar-refractivity contribution in [3.8, 4) is 11.5 Å². The van der Waals surface area contributed by atoms with Crippen molar-refractivity contribution in [1.82, 2.24) is 0 Å². The van der Waals surface area contributed by atoms with Gasteiger partial charge < -0.3 is 25.1 Å². The standard InChI is InChI=1S/C20H31NO4/c1-2-3-4-9-23-12-17-13-24-19-10-15(5-6-18(19)25-17)16-7-8-20(21,11-16)14-22/h5-6,10,16-17,22H,2-4,7-9,11-14,21H2,1H3/t16-,17?,20+/m0/s1. The minimum Gasteiger partial charge on any atom is -0.486 e. The Hall–Kier alpha value is -1.30. The van der Waals surface area contributed by atoms with E-state index in [1.165, 1.54) is 18.4 Å². The zero-order chi connectivity index (χ0) is 17.7. The first kappa shape index (κ1) is 18.5. The minimum atomic E-state index is -0.432. The van der Waals surface area contributed by atoms with Crippen LogP contribution in [0.4, 0.5) is 0 Å². The second kappa shape index (κ2) is 8.39. The molecule has 140 valence electrons. The molecule has 0 bridgehead atoms. The maximum atomic E-state index is 9.45. The van der Waals surface area contributed by atoms with Crippen molar-refractivity contribution in [1.29, 1.82) is 0 Å². The summed E-state index contributed by atoms with van der Waals surface area (Å²) in [5.74, 6) is 1.97. The van der Waals surface area contributed by atoms with E-state index in [-0.39, 0.29) is 12.7 Å². The maximum absolute atomic E-state index is 9.45. The van der Waals surface area contributed by atoms with Gasteiger partial charge in [-0.3, -0.25) is 0 Å². The number of nitrogens with two attached hydrogens (primary N) is 1. The van der Waals surface area contributed by atoms with E-state index in [4.69, 9.17) is 19.9 Å². The Morgan fingerprint density at radius 2 is 2.20 bits per heavy atom. The van der Waals surface area contributed by atoms with Crippen LogP contribution in [0.5, 0.6) is 11.5 Å². The summed E-state index contributed by atoms with van der Waals surface area (Å²) in [6.45, 7) is 4.11. The van der Waals surface area contributed by atoms with Crippen LogP contribution in [0.3, 0.4) is 0 Å². The molecule has 1 fully saturated rings. The van der Waals surface area contributed by atoms with Crippen LogP contribution in [-0.4, -0.2) is 43.2 Å². The number of unbranched alkanes of at least 4 members (excludes halogenated alkanes) is 2. The average Bonchev–Trinajstić information content (AvgIpc) is 3.04. The van der Waals surface area contributed by atoms with E-state index >= 15 is 0 Å². The third-order valence-corrected chi connectivity index (χ3v) is 5.31. The molecule has 1 saturated carbocycles. The van der Waals surface area contributed by atoms with E-state index in [1.54, 1.807) is 0 Å². The largest absolute Gasteiger partial charge is 0.486 e. The SMILES string of the molecule is CCCCCOCC1COc2cc([C@H]3CC[C@](N)(CO)C3)ccc2O1. The molecule has 1 aliphatic carbocycles. The molecule has 0 aromatic heterocycles. The molecule has 3 rings (SSSR count). The van der Waals surface area contributed by atoms with Gasteiger partial charge in [0.2, 0.25) is 0 Å². The molecule has 0 spiro atoms. The molecule has 1 heterocycles. The molecule has 25 heavy (non-hydrogen) atoms. The molecule has 2 aliphatic rings. The Balaban J connectivity index is 1.53. The van der Waals surface area contributed by atoms with Gasteiger partial charge in [0.1, 0.15) is 6.61 Å². The third kappa shape index (κ3) is 4.66. The summed E-state index contributed by atoms with van der Waals surface area (Å²) < 4.78 is 17.6. The first-order valence-electron chi connectivity index (χ1n) is 9.54. The summed E-state index contributed by atoms with van der Waals surface area (Å²) in [6, 6.07) is 6.16. The van der Waals surface area contributed by atoms with Crippen LogP contribution in [0.15, 0.2) is 18.2 Å². The van der Waals surface area contributed by atoms with Crippen molar-refractivity contribution in [2.24, 2.45) is 5.73 Å². The Morgan fingerprint density at radius 3 is 2.96 bits per heavy atom. The molecule has 1 aromatic carbocycles. The molecule has 0 amide bonds. The fraction of sp³-hybridized carbons (Fsp3) is 0.700. The van der Waals surface area contributed by atoms with E-state index in [0.29, 0.717) is 19.1 Å². The molecule has 1 aromatic rings. The van der Waals surface area contributed by atoms with Gasteiger partial charge in [0.25, 0.3) is 0 Å². The van der Waals surface area contributed by atoms with Crippen LogP contribution in [0.1, 0.15) is 56.9 Å². The summed E-state index contributed by atoms with van der Waals surface area (Å²) in [6.07, 6.45) is 6.14. The third-order valence-electron chi connectivity index (χ3n) is 5.31. The summed E-state index contributed by atoms with van der Waals surface area (Å²) in [5, 5.41) is 9.45. The fourth-order valence-electron chi connectivity index (χ4n) is 3.72. The monoisotopic (exact) mass is 349 g/mol. The molecule has 5 heteroatoms. The van der Waals surface area contributed by atoms with Crippen molar-refractivity contribution >= 4 is 0 Å². The first-order chi connectivity index (χ1) is 12.1. The molecule has 5 nitrogen and oxygen atoms in total. The van der Waals surface area contributed by atoms with Crippen molar-refractivity contribution in [2.75, 3.05) is 26.4 Å². The minimum absolute atomic E-state index is 0.0439. The molecule has 0 saturated heterocycles. The van der Waals surface area contributed by atoms with Crippen molar-refractivity contribution in [3.63, 3.8) is 0 Å². The van der Waals surface area contributed by atoms with Gasteiger partial charge in [-0.1, -0.05) is 25.8 Å². The lowest BCUT2D eigenvalue weighted by atomic mass is 9.93. The first-order valence-corrected chi connectivity index (χ1v) is 9.54. The summed E-state index contributed by atoms with van der Waals surface area (Å²) in [4.78, 5) is 0. The lowest BCUT2D eigenvalue weighted by molar-refractivity contribution is 0.00780. The lowest BCUT2D eigenvalue weighted by Crippen LogP contribution is -2.40. The highest BCUT2D eigenvalue weighted by Crippen LogP contribution is 2.42. The highest BCUT2D eigenvalue weighted by Gasteiger charge is 2.36. The summed E-state index contributed by atoms with van der Waals surface area (Å²) in [5.41, 5.74) is 6.99. The predicted molar refractivity (Wildman–Crippen MR) is 97.3 cm³/mol. The van der Waals surface area contributed by atoms with Gasteiger partial charge in [-0.25, -0.2) is 0 Å². The lowest BCUT2D eigenvalue weighted by Gasteiger charge is -2.27. The number of rotatable bonds is 8. The number of hydrogen-bond donors (Lipinski definition) is 2. The molecule has 3 atom stereocenters. The summed E-state index contributed by atoms with van der Waals surface area (Å²) >= 11 is 0.